The maximum Gasteiger partial charge on any atom is 0.346 e. The number of anilines is 1. The zero-order chi connectivity index (χ0) is 20.8. The van der Waals surface area contributed by atoms with Gasteiger partial charge in [0, 0.05) is 26.2 Å². The molecule has 4 rings (SSSR count). The van der Waals surface area contributed by atoms with Crippen LogP contribution in [0.4, 0.5) is 5.69 Å². The lowest BCUT2D eigenvalue weighted by molar-refractivity contribution is 0.200. The van der Waals surface area contributed by atoms with E-state index in [1.54, 1.807) is 0 Å². The van der Waals surface area contributed by atoms with Crippen LogP contribution in [0.15, 0.2) is 42.5 Å². The van der Waals surface area contributed by atoms with Gasteiger partial charge in [0.25, 0.3) is 0 Å². The van der Waals surface area contributed by atoms with Crippen molar-refractivity contribution in [2.24, 2.45) is 0 Å². The molecule has 0 aliphatic carbocycles. The highest BCUT2D eigenvalue weighted by atomic mass is 31.2. The highest BCUT2D eigenvalue weighted by Crippen LogP contribution is 2.63. The minimum absolute atomic E-state index is 0.0906. The molecule has 2 aromatic carbocycles. The topological polar surface area (TPSA) is 67.6 Å². The molecule has 0 saturated carbocycles. The molecule has 2 fully saturated rings. The van der Waals surface area contributed by atoms with Crippen LogP contribution in [-0.2, 0) is 14.5 Å². The van der Waals surface area contributed by atoms with E-state index in [4.69, 9.17) is 15.0 Å². The molecule has 0 aromatic heterocycles. The van der Waals surface area contributed by atoms with Crippen LogP contribution in [0.1, 0.15) is 44.9 Å². The van der Waals surface area contributed by atoms with E-state index in [-0.39, 0.29) is 11.5 Å². The first-order valence-electron chi connectivity index (χ1n) is 10.1. The van der Waals surface area contributed by atoms with Crippen molar-refractivity contribution in [2.45, 2.75) is 39.2 Å². The summed E-state index contributed by atoms with van der Waals surface area (Å²) in [4.78, 5) is 0. The Morgan fingerprint density at radius 1 is 1.00 bits per heavy atom. The summed E-state index contributed by atoms with van der Waals surface area (Å²) in [6.07, 6.45) is -0.326. The highest BCUT2D eigenvalue weighted by molar-refractivity contribution is 7.54. The lowest BCUT2D eigenvalue weighted by Gasteiger charge is -2.24. The third kappa shape index (κ3) is 4.51. The molecule has 1 unspecified atom stereocenters. The summed E-state index contributed by atoms with van der Waals surface area (Å²) in [5.41, 5.74) is 8.93. The van der Waals surface area contributed by atoms with Gasteiger partial charge >= 0.3 is 7.67 Å². The average Bonchev–Trinajstić information content (AvgIpc) is 3.56. The summed E-state index contributed by atoms with van der Waals surface area (Å²) >= 11 is 0. The van der Waals surface area contributed by atoms with E-state index >= 15 is 0 Å². The summed E-state index contributed by atoms with van der Waals surface area (Å²) < 4.78 is 29.2. The van der Waals surface area contributed by atoms with Gasteiger partial charge in [-0.2, -0.15) is 0 Å². The number of benzene rings is 2. The van der Waals surface area contributed by atoms with E-state index in [0.29, 0.717) is 11.4 Å². The van der Waals surface area contributed by atoms with Crippen LogP contribution in [0, 0.1) is 0 Å². The van der Waals surface area contributed by atoms with Crippen molar-refractivity contribution in [2.75, 3.05) is 31.9 Å². The Kier molecular flexibility index (Phi) is 5.24. The molecule has 0 bridgehead atoms. The van der Waals surface area contributed by atoms with E-state index in [9.17, 15) is 4.57 Å². The Labute approximate surface area is 173 Å². The first-order valence-corrected chi connectivity index (χ1v) is 11.7. The number of hydrogen-bond donors (Lipinski definition) is 1. The van der Waals surface area contributed by atoms with Crippen molar-refractivity contribution < 1.29 is 13.8 Å². The van der Waals surface area contributed by atoms with Crippen molar-refractivity contribution in [3.05, 3.63) is 53.6 Å². The van der Waals surface area contributed by atoms with Gasteiger partial charge in [0.1, 0.15) is 5.75 Å². The van der Waals surface area contributed by atoms with E-state index in [2.05, 4.69) is 32.9 Å². The van der Waals surface area contributed by atoms with Crippen molar-refractivity contribution in [1.82, 2.24) is 9.34 Å². The normalized spacial score (nSPS) is 18.5. The summed E-state index contributed by atoms with van der Waals surface area (Å²) in [5, 5.41) is 0. The van der Waals surface area contributed by atoms with Crippen LogP contribution in [0.3, 0.4) is 0 Å². The molecular formula is C22H30N3O3P. The van der Waals surface area contributed by atoms with Gasteiger partial charge in [-0.3, -0.25) is 9.09 Å². The number of rotatable bonds is 7. The minimum atomic E-state index is -2.88. The molecule has 29 heavy (non-hydrogen) atoms. The van der Waals surface area contributed by atoms with E-state index in [1.165, 1.54) is 5.56 Å². The molecular weight excluding hydrogens is 385 g/mol. The summed E-state index contributed by atoms with van der Waals surface area (Å²) in [5.74, 6) is 1.31. The first kappa shape index (κ1) is 20.4. The van der Waals surface area contributed by atoms with E-state index in [0.717, 1.165) is 37.5 Å². The van der Waals surface area contributed by atoms with Crippen molar-refractivity contribution in [3.63, 3.8) is 0 Å². The van der Waals surface area contributed by atoms with Gasteiger partial charge < -0.3 is 10.5 Å². The molecule has 6 nitrogen and oxygen atoms in total. The molecule has 1 atom stereocenters. The quantitative estimate of drug-likeness (QED) is 0.382. The Hall–Kier alpha value is -1.85. The molecule has 2 aliphatic rings. The van der Waals surface area contributed by atoms with Crippen molar-refractivity contribution >= 4 is 13.4 Å². The maximum atomic E-state index is 13.3. The Morgan fingerprint density at radius 3 is 2.10 bits per heavy atom. The van der Waals surface area contributed by atoms with Crippen LogP contribution in [0.2, 0.25) is 0 Å². The van der Waals surface area contributed by atoms with Gasteiger partial charge in [0.05, 0.1) is 11.8 Å². The molecule has 0 radical (unpaired) electrons. The lowest BCUT2D eigenvalue weighted by atomic mass is 9.87. The molecule has 0 amide bonds. The second-order valence-corrected chi connectivity index (χ2v) is 11.1. The fourth-order valence-electron chi connectivity index (χ4n) is 3.22. The zero-order valence-corrected chi connectivity index (χ0v) is 18.5. The predicted molar refractivity (Wildman–Crippen MR) is 116 cm³/mol. The molecule has 2 heterocycles. The van der Waals surface area contributed by atoms with Crippen molar-refractivity contribution in [1.29, 1.82) is 0 Å². The summed E-state index contributed by atoms with van der Waals surface area (Å²) in [6, 6.07) is 13.7. The number of hydrogen-bond acceptors (Lipinski definition) is 4. The Balaban J connectivity index is 1.50. The summed E-state index contributed by atoms with van der Waals surface area (Å²) in [6.45, 7) is 11.8. The minimum Gasteiger partial charge on any atom is -0.455 e. The largest absolute Gasteiger partial charge is 0.455 e. The van der Waals surface area contributed by atoms with Crippen LogP contribution in [-0.4, -0.2) is 35.5 Å². The molecule has 2 saturated heterocycles. The van der Waals surface area contributed by atoms with Crippen molar-refractivity contribution in [3.8, 4) is 11.5 Å². The standard InChI is InChI=1S/C22H30N3O3P/c1-16(28-29(26,24-11-12-24)25-13-14-25)17-5-10-20(23)21(15-17)27-19-8-6-18(7-9-19)22(2,3)4/h5-10,15-16H,11-14,23H2,1-4H3. The van der Waals surface area contributed by atoms with Crippen LogP contribution < -0.4 is 10.5 Å². The highest BCUT2D eigenvalue weighted by Gasteiger charge is 2.50. The second-order valence-electron chi connectivity index (χ2n) is 8.82. The third-order valence-electron chi connectivity index (χ3n) is 5.31. The number of nitrogen functional groups attached to an aromatic ring is 1. The Morgan fingerprint density at radius 2 is 1.59 bits per heavy atom. The molecule has 2 N–H and O–H groups in total. The fraction of sp³-hybridized carbons (Fsp3) is 0.455. The molecule has 7 heteroatoms. The second kappa shape index (κ2) is 7.44. The third-order valence-corrected chi connectivity index (χ3v) is 8.13. The molecule has 2 aliphatic heterocycles. The SMILES string of the molecule is CC(OP(=O)(N1CC1)N1CC1)c1ccc(N)c(Oc2ccc(C(C)(C)C)cc2)c1. The van der Waals surface area contributed by atoms with Gasteiger partial charge in [-0.1, -0.05) is 39.0 Å². The van der Waals surface area contributed by atoms with Crippen LogP contribution in [0.5, 0.6) is 11.5 Å². The van der Waals surface area contributed by atoms with Crippen LogP contribution in [0.25, 0.3) is 0 Å². The number of ether oxygens (including phenoxy) is 1. The van der Waals surface area contributed by atoms with Gasteiger partial charge in [0.2, 0.25) is 0 Å². The monoisotopic (exact) mass is 415 g/mol. The van der Waals surface area contributed by atoms with E-state index in [1.807, 2.05) is 46.6 Å². The average molecular weight is 415 g/mol. The summed E-state index contributed by atoms with van der Waals surface area (Å²) in [7, 11) is -2.88. The predicted octanol–water partition coefficient (Wildman–Crippen LogP) is 5.18. The van der Waals surface area contributed by atoms with Gasteiger partial charge in [0.15, 0.2) is 5.75 Å². The number of nitrogens with two attached hydrogens (primary N) is 1. The zero-order valence-electron chi connectivity index (χ0n) is 17.6. The number of nitrogens with zero attached hydrogens (tertiary/aromatic N) is 2. The molecule has 2 aromatic rings. The lowest BCUT2D eigenvalue weighted by Crippen LogP contribution is -2.11. The van der Waals surface area contributed by atoms with Gasteiger partial charge in [-0.25, -0.2) is 9.34 Å². The smallest absolute Gasteiger partial charge is 0.346 e. The van der Waals surface area contributed by atoms with Gasteiger partial charge in [-0.15, -0.1) is 0 Å². The van der Waals surface area contributed by atoms with E-state index < -0.39 is 7.67 Å². The molecule has 156 valence electrons. The maximum absolute atomic E-state index is 13.3. The van der Waals surface area contributed by atoms with Gasteiger partial charge in [-0.05, 0) is 47.7 Å². The molecule has 0 spiro atoms. The Bertz CT molecular complexity index is 915. The first-order chi connectivity index (χ1) is 13.7. The van der Waals surface area contributed by atoms with Crippen LogP contribution >= 0.6 is 7.67 Å². The fourth-order valence-corrected chi connectivity index (χ4v) is 5.56.